The molecule has 0 spiro atoms. The van der Waals surface area contributed by atoms with E-state index >= 15 is 0 Å². The number of nitrogens with one attached hydrogen (secondary N) is 2. The lowest BCUT2D eigenvalue weighted by Crippen LogP contribution is -2.19. The van der Waals surface area contributed by atoms with E-state index in [2.05, 4.69) is 48.5 Å². The van der Waals surface area contributed by atoms with Crippen molar-refractivity contribution in [3.8, 4) is 0 Å². The van der Waals surface area contributed by atoms with Gasteiger partial charge in [0.2, 0.25) is 5.89 Å². The largest absolute Gasteiger partial charge is 0.407 e. The maximum atomic E-state index is 5.52. The molecular weight excluding hydrogens is 228 g/mol. The number of nitrogens with zero attached hydrogens (tertiary/aromatic N) is 2. The molecule has 1 aromatic rings. The highest BCUT2D eigenvalue weighted by atomic mass is 16.4. The molecule has 0 radical (unpaired) electrons. The Morgan fingerprint density at radius 1 is 1.39 bits per heavy atom. The predicted molar refractivity (Wildman–Crippen MR) is 71.2 cm³/mol. The highest BCUT2D eigenvalue weighted by Gasteiger charge is 2.45. The van der Waals surface area contributed by atoms with Gasteiger partial charge in [-0.05, 0) is 30.2 Å². The van der Waals surface area contributed by atoms with Crippen LogP contribution in [0.25, 0.3) is 0 Å². The Labute approximate surface area is 109 Å². The van der Waals surface area contributed by atoms with E-state index in [-0.39, 0.29) is 0 Å². The summed E-state index contributed by atoms with van der Waals surface area (Å²) in [6.07, 6.45) is 1.27. The van der Waals surface area contributed by atoms with Gasteiger partial charge < -0.3 is 15.1 Å². The summed E-state index contributed by atoms with van der Waals surface area (Å²) >= 11 is 0. The lowest BCUT2D eigenvalue weighted by molar-refractivity contribution is 0.457. The molecule has 0 bridgehead atoms. The second-order valence-corrected chi connectivity index (χ2v) is 6.30. The Balaban J connectivity index is 1.69. The van der Waals surface area contributed by atoms with Crippen LogP contribution >= 0.6 is 0 Å². The van der Waals surface area contributed by atoms with Crippen LogP contribution in [0.2, 0.25) is 0 Å². The van der Waals surface area contributed by atoms with Crippen molar-refractivity contribution < 1.29 is 4.42 Å². The van der Waals surface area contributed by atoms with E-state index in [1.54, 1.807) is 0 Å². The molecule has 5 nitrogen and oxygen atoms in total. The van der Waals surface area contributed by atoms with Gasteiger partial charge in [0.1, 0.15) is 0 Å². The molecule has 18 heavy (non-hydrogen) atoms. The molecule has 0 aliphatic heterocycles. The van der Waals surface area contributed by atoms with Gasteiger partial charge in [0.15, 0.2) is 0 Å². The van der Waals surface area contributed by atoms with Crippen molar-refractivity contribution in [1.29, 1.82) is 0 Å². The second-order valence-electron chi connectivity index (χ2n) is 6.30. The third kappa shape index (κ3) is 3.70. The minimum Gasteiger partial charge on any atom is -0.407 e. The van der Waals surface area contributed by atoms with E-state index in [0.717, 1.165) is 19.0 Å². The summed E-state index contributed by atoms with van der Waals surface area (Å²) in [5, 5.41) is 14.5. The van der Waals surface area contributed by atoms with Gasteiger partial charge in [-0.15, -0.1) is 5.10 Å². The topological polar surface area (TPSA) is 63.0 Å². The molecule has 1 heterocycles. The Hall–Kier alpha value is -1.10. The van der Waals surface area contributed by atoms with Crippen LogP contribution in [0.3, 0.4) is 0 Å². The van der Waals surface area contributed by atoms with Gasteiger partial charge in [0.05, 0.1) is 6.54 Å². The molecule has 0 saturated heterocycles. The van der Waals surface area contributed by atoms with Crippen molar-refractivity contribution in [3.05, 3.63) is 5.89 Å². The van der Waals surface area contributed by atoms with Crippen molar-refractivity contribution >= 4 is 6.01 Å². The first-order valence-electron chi connectivity index (χ1n) is 6.74. The quantitative estimate of drug-likeness (QED) is 0.779. The molecule has 0 amide bonds. The normalized spacial score (nSPS) is 21.3. The monoisotopic (exact) mass is 252 g/mol. The minimum absolute atomic E-state index is 0.481. The summed E-state index contributed by atoms with van der Waals surface area (Å²) in [7, 11) is 0. The Morgan fingerprint density at radius 2 is 2.11 bits per heavy atom. The van der Waals surface area contributed by atoms with Crippen molar-refractivity contribution in [1.82, 2.24) is 15.5 Å². The van der Waals surface area contributed by atoms with Crippen LogP contribution in [-0.4, -0.2) is 23.3 Å². The Morgan fingerprint density at radius 3 is 2.72 bits per heavy atom. The van der Waals surface area contributed by atoms with Crippen LogP contribution in [0.4, 0.5) is 6.01 Å². The summed E-state index contributed by atoms with van der Waals surface area (Å²) in [4.78, 5) is 0. The lowest BCUT2D eigenvalue weighted by Gasteiger charge is -2.04. The van der Waals surface area contributed by atoms with Crippen LogP contribution in [0.15, 0.2) is 4.42 Å². The van der Waals surface area contributed by atoms with E-state index in [9.17, 15) is 0 Å². The van der Waals surface area contributed by atoms with E-state index in [1.807, 2.05) is 0 Å². The fourth-order valence-electron chi connectivity index (χ4n) is 2.00. The molecule has 102 valence electrons. The molecule has 1 aromatic heterocycles. The van der Waals surface area contributed by atoms with E-state index in [1.165, 1.54) is 6.42 Å². The summed E-state index contributed by atoms with van der Waals surface area (Å²) in [5.74, 6) is 2.00. The molecule has 5 heteroatoms. The van der Waals surface area contributed by atoms with Gasteiger partial charge in [0, 0.05) is 6.54 Å². The molecule has 1 aliphatic carbocycles. The van der Waals surface area contributed by atoms with Crippen molar-refractivity contribution in [2.24, 2.45) is 17.3 Å². The van der Waals surface area contributed by atoms with Crippen LogP contribution in [0, 0.1) is 17.3 Å². The average molecular weight is 252 g/mol. The number of hydrogen-bond acceptors (Lipinski definition) is 5. The number of aromatic nitrogens is 2. The summed E-state index contributed by atoms with van der Waals surface area (Å²) in [6.45, 7) is 11.4. The van der Waals surface area contributed by atoms with E-state index < -0.39 is 0 Å². The van der Waals surface area contributed by atoms with Gasteiger partial charge in [-0.25, -0.2) is 0 Å². The van der Waals surface area contributed by atoms with Crippen LogP contribution in [-0.2, 0) is 6.54 Å². The Kier molecular flexibility index (Phi) is 3.90. The van der Waals surface area contributed by atoms with Crippen molar-refractivity contribution in [2.45, 2.75) is 40.7 Å². The molecule has 1 atom stereocenters. The fraction of sp³-hybridized carbons (Fsp3) is 0.846. The average Bonchev–Trinajstić information content (AvgIpc) is 2.71. The van der Waals surface area contributed by atoms with Crippen LogP contribution < -0.4 is 10.6 Å². The van der Waals surface area contributed by atoms with Crippen LogP contribution in [0.5, 0.6) is 0 Å². The minimum atomic E-state index is 0.481. The SMILES string of the molecule is CC(C)CNCc1nnc(NCC2CC2(C)C)o1. The van der Waals surface area contributed by atoms with Gasteiger partial charge in [-0.3, -0.25) is 0 Å². The first-order valence-corrected chi connectivity index (χ1v) is 6.74. The van der Waals surface area contributed by atoms with Gasteiger partial charge in [-0.2, -0.15) is 0 Å². The zero-order valence-corrected chi connectivity index (χ0v) is 11.8. The molecule has 1 aliphatic rings. The first-order chi connectivity index (χ1) is 8.47. The number of hydrogen-bond donors (Lipinski definition) is 2. The maximum absolute atomic E-state index is 5.52. The summed E-state index contributed by atoms with van der Waals surface area (Å²) < 4.78 is 5.52. The lowest BCUT2D eigenvalue weighted by atomic mass is 10.1. The summed E-state index contributed by atoms with van der Waals surface area (Å²) in [6, 6.07) is 0.541. The highest BCUT2D eigenvalue weighted by molar-refractivity contribution is 5.18. The zero-order valence-electron chi connectivity index (χ0n) is 11.8. The van der Waals surface area contributed by atoms with E-state index in [4.69, 9.17) is 4.42 Å². The molecule has 2 N–H and O–H groups in total. The first kappa shape index (κ1) is 13.3. The third-order valence-corrected chi connectivity index (χ3v) is 3.51. The predicted octanol–water partition coefficient (Wildman–Crippen LogP) is 2.27. The van der Waals surface area contributed by atoms with Crippen molar-refractivity contribution in [3.63, 3.8) is 0 Å². The van der Waals surface area contributed by atoms with Gasteiger partial charge in [0.25, 0.3) is 0 Å². The Bertz CT molecular complexity index is 386. The smallest absolute Gasteiger partial charge is 0.315 e. The number of rotatable bonds is 7. The second kappa shape index (κ2) is 5.26. The van der Waals surface area contributed by atoms with Gasteiger partial charge in [-0.1, -0.05) is 32.8 Å². The fourth-order valence-corrected chi connectivity index (χ4v) is 2.00. The number of anilines is 1. The zero-order chi connectivity index (χ0) is 13.2. The standard InChI is InChI=1S/C13H24N4O/c1-9(2)6-14-8-11-16-17-12(18-11)15-7-10-5-13(10,3)4/h9-10,14H,5-8H2,1-4H3,(H,15,17). The van der Waals surface area contributed by atoms with Crippen LogP contribution in [0.1, 0.15) is 40.0 Å². The van der Waals surface area contributed by atoms with Gasteiger partial charge >= 0.3 is 6.01 Å². The summed E-state index contributed by atoms with van der Waals surface area (Å²) in [5.41, 5.74) is 0.481. The van der Waals surface area contributed by atoms with Crippen molar-refractivity contribution in [2.75, 3.05) is 18.4 Å². The molecule has 0 aromatic carbocycles. The van der Waals surface area contributed by atoms with E-state index in [0.29, 0.717) is 29.8 Å². The molecule has 1 fully saturated rings. The molecule has 1 unspecified atom stereocenters. The molecule has 2 rings (SSSR count). The maximum Gasteiger partial charge on any atom is 0.315 e. The highest BCUT2D eigenvalue weighted by Crippen LogP contribution is 2.51. The third-order valence-electron chi connectivity index (χ3n) is 3.51. The molecular formula is C13H24N4O. The molecule has 1 saturated carbocycles.